The van der Waals surface area contributed by atoms with Crippen molar-refractivity contribution in [1.29, 1.82) is 0 Å². The molecule has 0 aliphatic heterocycles. The van der Waals surface area contributed by atoms with Gasteiger partial charge in [-0.3, -0.25) is 0 Å². The average molecular weight is 369 g/mol. The highest BCUT2D eigenvalue weighted by Crippen LogP contribution is 2.58. The van der Waals surface area contributed by atoms with Crippen molar-refractivity contribution in [3.05, 3.63) is 27.1 Å². The molecule has 0 heterocycles. The minimum atomic E-state index is -3.54. The molecule has 0 aromatic heterocycles. The number of hydrogen-bond donors (Lipinski definition) is 0. The van der Waals surface area contributed by atoms with Gasteiger partial charge in [0.05, 0.1) is 4.47 Å². The van der Waals surface area contributed by atoms with Gasteiger partial charge in [0.15, 0.2) is 0 Å². The first-order valence-corrected chi connectivity index (χ1v) is 8.05. The molecule has 1 aromatic carbocycles. The van der Waals surface area contributed by atoms with Gasteiger partial charge in [0.1, 0.15) is 5.75 Å². The summed E-state index contributed by atoms with van der Waals surface area (Å²) >= 11 is 17.0. The summed E-state index contributed by atoms with van der Waals surface area (Å²) in [6, 6.07) is 5.12. The molecule has 0 spiro atoms. The SMILES string of the molecule is O=P(Cl)(Cl)Oc1cccc(Br)c1Br. The molecule has 1 rings (SSSR count). The van der Waals surface area contributed by atoms with Crippen molar-refractivity contribution in [2.75, 3.05) is 0 Å². The summed E-state index contributed by atoms with van der Waals surface area (Å²) in [4.78, 5) is 0. The van der Waals surface area contributed by atoms with Crippen molar-refractivity contribution < 1.29 is 9.09 Å². The minimum Gasteiger partial charge on any atom is -0.421 e. The maximum atomic E-state index is 10.9. The lowest BCUT2D eigenvalue weighted by molar-refractivity contribution is 0.511. The van der Waals surface area contributed by atoms with E-state index in [-0.39, 0.29) is 0 Å². The molecular formula is C6H3Br2Cl2O2P. The Bertz CT molecular complexity index is 366. The van der Waals surface area contributed by atoms with Gasteiger partial charge in [-0.15, -0.1) is 0 Å². The molecule has 0 amide bonds. The van der Waals surface area contributed by atoms with Crippen molar-refractivity contribution in [3.63, 3.8) is 0 Å². The number of halogens is 4. The van der Waals surface area contributed by atoms with Crippen LogP contribution in [-0.2, 0) is 4.57 Å². The summed E-state index contributed by atoms with van der Waals surface area (Å²) in [6.45, 7) is 0. The van der Waals surface area contributed by atoms with E-state index in [9.17, 15) is 4.57 Å². The Balaban J connectivity index is 3.03. The topological polar surface area (TPSA) is 26.3 Å². The molecule has 0 bridgehead atoms. The van der Waals surface area contributed by atoms with Crippen LogP contribution in [0.4, 0.5) is 0 Å². The van der Waals surface area contributed by atoms with Crippen molar-refractivity contribution in [3.8, 4) is 5.75 Å². The highest BCUT2D eigenvalue weighted by molar-refractivity contribution is 9.13. The Hall–Kier alpha value is 0.790. The third-order valence-electron chi connectivity index (χ3n) is 1.12. The van der Waals surface area contributed by atoms with Crippen LogP contribution in [0.3, 0.4) is 0 Å². The smallest absolute Gasteiger partial charge is 0.421 e. The van der Waals surface area contributed by atoms with Gasteiger partial charge in [-0.1, -0.05) is 6.07 Å². The first-order chi connectivity index (χ1) is 5.90. The predicted molar refractivity (Wildman–Crippen MR) is 61.8 cm³/mol. The second-order valence-electron chi connectivity index (χ2n) is 2.06. The number of benzene rings is 1. The zero-order valence-corrected chi connectivity index (χ0v) is 11.6. The molecule has 0 aliphatic rings. The van der Waals surface area contributed by atoms with E-state index in [1.54, 1.807) is 18.2 Å². The Morgan fingerprint density at radius 3 is 2.46 bits per heavy atom. The van der Waals surface area contributed by atoms with Crippen molar-refractivity contribution in [1.82, 2.24) is 0 Å². The fourth-order valence-corrected chi connectivity index (χ4v) is 2.31. The van der Waals surface area contributed by atoms with Gasteiger partial charge in [-0.25, -0.2) is 4.57 Å². The van der Waals surface area contributed by atoms with Gasteiger partial charge in [-0.2, -0.15) is 0 Å². The normalized spacial score (nSPS) is 11.4. The molecule has 0 radical (unpaired) electrons. The molecule has 0 saturated carbocycles. The van der Waals surface area contributed by atoms with Crippen LogP contribution in [0.5, 0.6) is 5.75 Å². The molecule has 7 heteroatoms. The fraction of sp³-hybridized carbons (Fsp3) is 0. The van der Waals surface area contributed by atoms with Gasteiger partial charge >= 0.3 is 6.07 Å². The Kier molecular flexibility index (Phi) is 4.14. The standard InChI is InChI=1S/C6H3Br2Cl2O2P/c7-4-2-1-3-5(6(4)8)12-13(9,10)11/h1-3H. The van der Waals surface area contributed by atoms with E-state index < -0.39 is 6.07 Å². The highest BCUT2D eigenvalue weighted by Gasteiger charge is 2.18. The Morgan fingerprint density at radius 1 is 1.31 bits per heavy atom. The summed E-state index contributed by atoms with van der Waals surface area (Å²) in [5.41, 5.74) is 0. The zero-order chi connectivity index (χ0) is 10.1. The lowest BCUT2D eigenvalue weighted by Gasteiger charge is -2.08. The van der Waals surface area contributed by atoms with E-state index in [1.165, 1.54) is 0 Å². The second kappa shape index (κ2) is 4.54. The summed E-state index contributed by atoms with van der Waals surface area (Å²) < 4.78 is 17.1. The number of rotatable bonds is 2. The van der Waals surface area contributed by atoms with Crippen LogP contribution < -0.4 is 4.52 Å². The summed E-state index contributed by atoms with van der Waals surface area (Å²) in [7, 11) is 0. The first kappa shape index (κ1) is 11.9. The van der Waals surface area contributed by atoms with Crippen LogP contribution >= 0.6 is 60.4 Å². The van der Waals surface area contributed by atoms with Gasteiger partial charge < -0.3 is 4.52 Å². The van der Waals surface area contributed by atoms with Gasteiger partial charge in [0.2, 0.25) is 0 Å². The van der Waals surface area contributed by atoms with E-state index in [1.807, 2.05) is 0 Å². The van der Waals surface area contributed by atoms with Crippen molar-refractivity contribution in [2.24, 2.45) is 0 Å². The molecule has 0 fully saturated rings. The molecule has 2 nitrogen and oxygen atoms in total. The van der Waals surface area contributed by atoms with Gasteiger partial charge in [-0.05, 0) is 44.0 Å². The molecular weight excluding hydrogens is 366 g/mol. The Labute approximate surface area is 102 Å². The molecule has 0 atom stereocenters. The van der Waals surface area contributed by atoms with Crippen molar-refractivity contribution in [2.45, 2.75) is 0 Å². The van der Waals surface area contributed by atoms with Crippen LogP contribution in [0.2, 0.25) is 0 Å². The maximum absolute atomic E-state index is 10.9. The van der Waals surface area contributed by atoms with Crippen molar-refractivity contribution >= 4 is 60.4 Å². The number of hydrogen-bond acceptors (Lipinski definition) is 2. The lowest BCUT2D eigenvalue weighted by atomic mass is 10.3. The van der Waals surface area contributed by atoms with E-state index in [2.05, 4.69) is 31.9 Å². The average Bonchev–Trinajstić information content (AvgIpc) is 1.96. The molecule has 0 unspecified atom stereocenters. The van der Waals surface area contributed by atoms with Crippen LogP contribution in [0.25, 0.3) is 0 Å². The van der Waals surface area contributed by atoms with Crippen LogP contribution in [0.1, 0.15) is 0 Å². The molecule has 0 saturated heterocycles. The van der Waals surface area contributed by atoms with E-state index in [0.717, 1.165) is 4.47 Å². The minimum absolute atomic E-state index is 0.336. The van der Waals surface area contributed by atoms with E-state index in [4.69, 9.17) is 27.0 Å². The lowest BCUT2D eigenvalue weighted by Crippen LogP contribution is -1.83. The molecule has 13 heavy (non-hydrogen) atoms. The molecule has 1 aromatic rings. The summed E-state index contributed by atoms with van der Waals surface area (Å²) in [5, 5.41) is 0. The van der Waals surface area contributed by atoms with Crippen LogP contribution in [0, 0.1) is 0 Å². The first-order valence-electron chi connectivity index (χ1n) is 3.03. The monoisotopic (exact) mass is 366 g/mol. The predicted octanol–water partition coefficient (Wildman–Crippen LogP) is 5.18. The second-order valence-corrected chi connectivity index (χ2v) is 7.91. The maximum Gasteiger partial charge on any atom is 0.428 e. The van der Waals surface area contributed by atoms with Crippen LogP contribution in [0.15, 0.2) is 27.1 Å². The summed E-state index contributed by atoms with van der Waals surface area (Å²) in [5.74, 6) is 0.336. The van der Waals surface area contributed by atoms with E-state index >= 15 is 0 Å². The Morgan fingerprint density at radius 2 is 1.92 bits per heavy atom. The highest BCUT2D eigenvalue weighted by atomic mass is 79.9. The molecule has 72 valence electrons. The third-order valence-corrected chi connectivity index (χ3v) is 3.95. The van der Waals surface area contributed by atoms with Gasteiger partial charge in [0.25, 0.3) is 0 Å². The quantitative estimate of drug-likeness (QED) is 0.673. The van der Waals surface area contributed by atoms with E-state index in [0.29, 0.717) is 10.2 Å². The van der Waals surface area contributed by atoms with Gasteiger partial charge in [0, 0.05) is 27.0 Å². The van der Waals surface area contributed by atoms with Crippen LogP contribution in [-0.4, -0.2) is 0 Å². The molecule has 0 N–H and O–H groups in total. The largest absolute Gasteiger partial charge is 0.428 e. The fourth-order valence-electron chi connectivity index (χ4n) is 0.669. The zero-order valence-electron chi connectivity index (χ0n) is 6.01. The third kappa shape index (κ3) is 3.80. The summed E-state index contributed by atoms with van der Waals surface area (Å²) in [6.07, 6.45) is -3.54. The molecule has 0 aliphatic carbocycles.